The van der Waals surface area contributed by atoms with Crippen molar-refractivity contribution in [2.24, 2.45) is 0 Å². The molecule has 1 unspecified atom stereocenters. The van der Waals surface area contributed by atoms with Crippen molar-refractivity contribution in [3.05, 3.63) is 0 Å². The van der Waals surface area contributed by atoms with E-state index in [9.17, 15) is 4.79 Å². The summed E-state index contributed by atoms with van der Waals surface area (Å²) in [5.41, 5.74) is 0.00481. The maximum absolute atomic E-state index is 12.0. The topological polar surface area (TPSA) is 32.3 Å². The summed E-state index contributed by atoms with van der Waals surface area (Å²) in [5, 5.41) is 3.25. The van der Waals surface area contributed by atoms with Gasteiger partial charge >= 0.3 is 0 Å². The van der Waals surface area contributed by atoms with Gasteiger partial charge in [-0.3, -0.25) is 4.79 Å². The Kier molecular flexibility index (Phi) is 3.53. The molecule has 0 bridgehead atoms. The highest BCUT2D eigenvalue weighted by atomic mass is 16.2. The minimum absolute atomic E-state index is 0.00481. The molecular formula is C11H22N2O. The van der Waals surface area contributed by atoms with E-state index in [1.165, 1.54) is 0 Å². The summed E-state index contributed by atoms with van der Waals surface area (Å²) in [6.45, 7) is 10.2. The highest BCUT2D eigenvalue weighted by Crippen LogP contribution is 2.22. The number of carbonyl (C=O) groups excluding carboxylic acids is 1. The SMILES string of the molecule is CCCN1C(=O)C(C)NCCC1(C)C. The van der Waals surface area contributed by atoms with Gasteiger partial charge in [-0.25, -0.2) is 0 Å². The predicted molar refractivity (Wildman–Crippen MR) is 58.2 cm³/mol. The van der Waals surface area contributed by atoms with Crippen LogP contribution in [0.25, 0.3) is 0 Å². The number of hydrogen-bond donors (Lipinski definition) is 1. The average Bonchev–Trinajstić information content (AvgIpc) is 2.19. The van der Waals surface area contributed by atoms with E-state index in [0.29, 0.717) is 0 Å². The van der Waals surface area contributed by atoms with Gasteiger partial charge in [0.05, 0.1) is 6.04 Å². The van der Waals surface area contributed by atoms with E-state index in [-0.39, 0.29) is 17.5 Å². The molecule has 1 amide bonds. The van der Waals surface area contributed by atoms with Gasteiger partial charge in [0.15, 0.2) is 0 Å². The number of nitrogens with zero attached hydrogens (tertiary/aromatic N) is 1. The van der Waals surface area contributed by atoms with Gasteiger partial charge in [0.1, 0.15) is 0 Å². The summed E-state index contributed by atoms with van der Waals surface area (Å²) < 4.78 is 0. The lowest BCUT2D eigenvalue weighted by Crippen LogP contribution is -2.50. The molecule has 3 heteroatoms. The van der Waals surface area contributed by atoms with Crippen LogP contribution in [-0.2, 0) is 4.79 Å². The summed E-state index contributed by atoms with van der Waals surface area (Å²) in [6.07, 6.45) is 2.06. The molecule has 1 atom stereocenters. The minimum Gasteiger partial charge on any atom is -0.336 e. The lowest BCUT2D eigenvalue weighted by molar-refractivity contribution is -0.137. The van der Waals surface area contributed by atoms with Gasteiger partial charge in [0.2, 0.25) is 5.91 Å². The lowest BCUT2D eigenvalue weighted by atomic mass is 9.98. The van der Waals surface area contributed by atoms with Gasteiger partial charge in [-0.1, -0.05) is 6.92 Å². The molecule has 3 nitrogen and oxygen atoms in total. The Balaban J connectivity index is 2.83. The third-order valence-corrected chi connectivity index (χ3v) is 3.00. The molecule has 0 radical (unpaired) electrons. The molecule has 0 aromatic heterocycles. The Bertz CT molecular complexity index is 213. The fourth-order valence-corrected chi connectivity index (χ4v) is 1.99. The summed E-state index contributed by atoms with van der Waals surface area (Å²) in [7, 11) is 0. The van der Waals surface area contributed by atoms with Crippen molar-refractivity contribution in [3.63, 3.8) is 0 Å². The van der Waals surface area contributed by atoms with Crippen molar-refractivity contribution in [2.45, 2.75) is 52.1 Å². The second-order valence-electron chi connectivity index (χ2n) is 4.73. The Morgan fingerprint density at radius 2 is 2.21 bits per heavy atom. The molecule has 0 aromatic rings. The molecule has 1 aliphatic heterocycles. The monoisotopic (exact) mass is 198 g/mol. The Morgan fingerprint density at radius 1 is 1.57 bits per heavy atom. The zero-order chi connectivity index (χ0) is 10.8. The van der Waals surface area contributed by atoms with Crippen LogP contribution < -0.4 is 5.32 Å². The van der Waals surface area contributed by atoms with Crippen molar-refractivity contribution in [1.29, 1.82) is 0 Å². The van der Waals surface area contributed by atoms with E-state index in [4.69, 9.17) is 0 Å². The van der Waals surface area contributed by atoms with Crippen LogP contribution in [0.15, 0.2) is 0 Å². The minimum atomic E-state index is -0.0247. The van der Waals surface area contributed by atoms with Gasteiger partial charge in [0, 0.05) is 12.1 Å². The van der Waals surface area contributed by atoms with E-state index in [2.05, 4.69) is 26.1 Å². The van der Waals surface area contributed by atoms with Gasteiger partial charge in [0.25, 0.3) is 0 Å². The summed E-state index contributed by atoms with van der Waals surface area (Å²) in [6, 6.07) is -0.0247. The Hall–Kier alpha value is -0.570. The smallest absolute Gasteiger partial charge is 0.239 e. The molecule has 0 saturated carbocycles. The van der Waals surface area contributed by atoms with Crippen molar-refractivity contribution >= 4 is 5.91 Å². The number of hydrogen-bond acceptors (Lipinski definition) is 2. The average molecular weight is 198 g/mol. The molecule has 1 aliphatic rings. The van der Waals surface area contributed by atoms with Crippen molar-refractivity contribution in [2.75, 3.05) is 13.1 Å². The van der Waals surface area contributed by atoms with E-state index < -0.39 is 0 Å². The Labute approximate surface area is 86.9 Å². The van der Waals surface area contributed by atoms with Crippen LogP contribution in [0.5, 0.6) is 0 Å². The quantitative estimate of drug-likeness (QED) is 0.727. The maximum atomic E-state index is 12.0. The van der Waals surface area contributed by atoms with Gasteiger partial charge in [-0.2, -0.15) is 0 Å². The largest absolute Gasteiger partial charge is 0.336 e. The number of amides is 1. The molecule has 1 heterocycles. The second kappa shape index (κ2) is 4.30. The van der Waals surface area contributed by atoms with Crippen LogP contribution in [0.3, 0.4) is 0 Å². The number of carbonyl (C=O) groups is 1. The normalized spacial score (nSPS) is 27.6. The molecular weight excluding hydrogens is 176 g/mol. The standard InChI is InChI=1S/C11H22N2O/c1-5-8-13-10(14)9(2)12-7-6-11(13,3)4/h9,12H,5-8H2,1-4H3. The summed E-state index contributed by atoms with van der Waals surface area (Å²) in [4.78, 5) is 14.0. The molecule has 1 fully saturated rings. The fourth-order valence-electron chi connectivity index (χ4n) is 1.99. The molecule has 1 N–H and O–H groups in total. The highest BCUT2D eigenvalue weighted by Gasteiger charge is 2.34. The number of nitrogens with one attached hydrogen (secondary N) is 1. The molecule has 0 aliphatic carbocycles. The first-order chi connectivity index (χ1) is 6.49. The molecule has 0 aromatic carbocycles. The second-order valence-corrected chi connectivity index (χ2v) is 4.73. The van der Waals surface area contributed by atoms with E-state index >= 15 is 0 Å². The van der Waals surface area contributed by atoms with Crippen molar-refractivity contribution < 1.29 is 4.79 Å². The van der Waals surface area contributed by atoms with Crippen LogP contribution in [0, 0.1) is 0 Å². The molecule has 0 spiro atoms. The van der Waals surface area contributed by atoms with Gasteiger partial charge in [-0.05, 0) is 40.2 Å². The molecule has 14 heavy (non-hydrogen) atoms. The first-order valence-corrected chi connectivity index (χ1v) is 5.54. The number of rotatable bonds is 2. The maximum Gasteiger partial charge on any atom is 0.239 e. The zero-order valence-corrected chi connectivity index (χ0v) is 9.76. The Morgan fingerprint density at radius 3 is 2.79 bits per heavy atom. The van der Waals surface area contributed by atoms with Gasteiger partial charge < -0.3 is 10.2 Å². The van der Waals surface area contributed by atoms with Crippen LogP contribution in [0.1, 0.15) is 40.5 Å². The highest BCUT2D eigenvalue weighted by molar-refractivity contribution is 5.82. The predicted octanol–water partition coefficient (Wildman–Crippen LogP) is 1.39. The third kappa shape index (κ3) is 2.27. The van der Waals surface area contributed by atoms with Crippen LogP contribution >= 0.6 is 0 Å². The zero-order valence-electron chi connectivity index (χ0n) is 9.76. The van der Waals surface area contributed by atoms with E-state index in [1.54, 1.807) is 0 Å². The first-order valence-electron chi connectivity index (χ1n) is 5.54. The molecule has 82 valence electrons. The third-order valence-electron chi connectivity index (χ3n) is 3.00. The van der Waals surface area contributed by atoms with E-state index in [0.717, 1.165) is 25.9 Å². The van der Waals surface area contributed by atoms with E-state index in [1.807, 2.05) is 11.8 Å². The molecule has 1 rings (SSSR count). The van der Waals surface area contributed by atoms with Crippen LogP contribution in [0.4, 0.5) is 0 Å². The fraction of sp³-hybridized carbons (Fsp3) is 0.909. The van der Waals surface area contributed by atoms with Gasteiger partial charge in [-0.15, -0.1) is 0 Å². The first kappa shape index (κ1) is 11.5. The van der Waals surface area contributed by atoms with Crippen LogP contribution in [-0.4, -0.2) is 35.5 Å². The van der Waals surface area contributed by atoms with Crippen molar-refractivity contribution in [3.8, 4) is 0 Å². The summed E-state index contributed by atoms with van der Waals surface area (Å²) in [5.74, 6) is 0.245. The molecule has 1 saturated heterocycles. The van der Waals surface area contributed by atoms with Crippen LogP contribution in [0.2, 0.25) is 0 Å². The summed E-state index contributed by atoms with van der Waals surface area (Å²) >= 11 is 0. The lowest BCUT2D eigenvalue weighted by Gasteiger charge is -2.37. The van der Waals surface area contributed by atoms with Crippen molar-refractivity contribution in [1.82, 2.24) is 10.2 Å².